The monoisotopic (exact) mass is 263 g/mol. The minimum absolute atomic E-state index is 0.184. The van der Waals surface area contributed by atoms with Crippen LogP contribution in [0.4, 0.5) is 0 Å². The molecule has 3 N–H and O–H groups in total. The van der Waals surface area contributed by atoms with Crippen molar-refractivity contribution in [2.24, 2.45) is 11.7 Å². The van der Waals surface area contributed by atoms with E-state index < -0.39 is 0 Å². The molecule has 0 radical (unpaired) electrons. The highest BCUT2D eigenvalue weighted by molar-refractivity contribution is 5.75. The Labute approximate surface area is 115 Å². The van der Waals surface area contributed by atoms with E-state index in [9.17, 15) is 4.79 Å². The smallest absolute Gasteiger partial charge is 0.130 e. The summed E-state index contributed by atoms with van der Waals surface area (Å²) < 4.78 is 0. The van der Waals surface area contributed by atoms with E-state index in [-0.39, 0.29) is 17.9 Å². The summed E-state index contributed by atoms with van der Waals surface area (Å²) in [5.74, 6) is 0.813. The van der Waals surface area contributed by atoms with Crippen molar-refractivity contribution in [2.75, 3.05) is 6.61 Å². The highest BCUT2D eigenvalue weighted by atomic mass is 16.3. The molecule has 0 saturated carbocycles. The number of aliphatic hydroxyl groups is 1. The lowest BCUT2D eigenvalue weighted by atomic mass is 10.0. The summed E-state index contributed by atoms with van der Waals surface area (Å²) in [4.78, 5) is 10.3. The molecule has 0 fully saturated rings. The third-order valence-corrected chi connectivity index (χ3v) is 1.45. The van der Waals surface area contributed by atoms with Gasteiger partial charge in [0, 0.05) is 18.6 Å². The maximum atomic E-state index is 10.3. The maximum Gasteiger partial charge on any atom is 0.130 e. The molecular formula is C15H37NO2. The first-order chi connectivity index (χ1) is 8.19. The van der Waals surface area contributed by atoms with Crippen LogP contribution in [0.15, 0.2) is 0 Å². The molecule has 114 valence electrons. The predicted molar refractivity (Wildman–Crippen MR) is 82.8 cm³/mol. The second-order valence-corrected chi connectivity index (χ2v) is 4.76. The molecule has 0 unspecified atom stereocenters. The Bertz CT molecular complexity index is 149. The highest BCUT2D eigenvalue weighted by Gasteiger charge is 2.07. The lowest BCUT2D eigenvalue weighted by Crippen LogP contribution is -2.32. The average molecular weight is 263 g/mol. The predicted octanol–water partition coefficient (Wildman–Crippen LogP) is 3.78. The van der Waals surface area contributed by atoms with Crippen LogP contribution in [0.25, 0.3) is 0 Å². The minimum atomic E-state index is -0.200. The molecule has 0 aliphatic rings. The van der Waals surface area contributed by atoms with Crippen molar-refractivity contribution in [2.45, 2.75) is 80.7 Å². The van der Waals surface area contributed by atoms with Crippen LogP contribution in [0, 0.1) is 5.92 Å². The number of rotatable bonds is 4. The first kappa shape index (κ1) is 26.2. The first-order valence-corrected chi connectivity index (χ1v) is 7.08. The molecule has 0 amide bonds. The average Bonchev–Trinajstić information content (AvgIpc) is 2.20. The fourth-order valence-electron chi connectivity index (χ4n) is 0.863. The Morgan fingerprint density at radius 3 is 1.50 bits per heavy atom. The van der Waals surface area contributed by atoms with Gasteiger partial charge in [0.15, 0.2) is 0 Å². The van der Waals surface area contributed by atoms with Crippen molar-refractivity contribution in [3.63, 3.8) is 0 Å². The van der Waals surface area contributed by atoms with E-state index in [0.29, 0.717) is 12.3 Å². The zero-order chi connectivity index (χ0) is 15.8. The molecule has 0 aromatic heterocycles. The SMILES string of the molecule is CC.CC.CC(=O)CC(C)C.CC(C)(N)CCO. The van der Waals surface area contributed by atoms with Gasteiger partial charge in [0.05, 0.1) is 0 Å². The topological polar surface area (TPSA) is 63.3 Å². The second kappa shape index (κ2) is 18.9. The van der Waals surface area contributed by atoms with Gasteiger partial charge in [0.1, 0.15) is 5.78 Å². The van der Waals surface area contributed by atoms with Crippen LogP contribution in [-0.4, -0.2) is 23.0 Å². The standard InChI is InChI=1S/C6H12O.C5H13NO.2C2H6/c1-5(2)4-6(3)7;1-5(2,6)3-4-7;2*1-2/h5H,4H2,1-3H3;7H,3-4,6H2,1-2H3;2*1-2H3. The molecule has 0 bridgehead atoms. The fraction of sp³-hybridized carbons (Fsp3) is 0.933. The molecule has 0 atom stereocenters. The van der Waals surface area contributed by atoms with Gasteiger partial charge in [-0.25, -0.2) is 0 Å². The van der Waals surface area contributed by atoms with Crippen LogP contribution in [0.2, 0.25) is 0 Å². The number of hydrogen-bond donors (Lipinski definition) is 2. The van der Waals surface area contributed by atoms with Gasteiger partial charge in [-0.2, -0.15) is 0 Å². The summed E-state index contributed by atoms with van der Waals surface area (Å²) in [6, 6.07) is 0. The van der Waals surface area contributed by atoms with Gasteiger partial charge in [0.25, 0.3) is 0 Å². The van der Waals surface area contributed by atoms with Crippen LogP contribution in [0.1, 0.15) is 75.2 Å². The molecule has 18 heavy (non-hydrogen) atoms. The van der Waals surface area contributed by atoms with E-state index in [4.69, 9.17) is 10.8 Å². The number of nitrogens with two attached hydrogens (primary N) is 1. The van der Waals surface area contributed by atoms with Crippen LogP contribution >= 0.6 is 0 Å². The zero-order valence-corrected chi connectivity index (χ0v) is 14.1. The summed E-state index contributed by atoms with van der Waals surface area (Å²) in [6.07, 6.45) is 1.40. The van der Waals surface area contributed by atoms with Crippen molar-refractivity contribution in [1.29, 1.82) is 0 Å². The van der Waals surface area contributed by atoms with Crippen LogP contribution in [0.3, 0.4) is 0 Å². The number of carbonyl (C=O) groups excluding carboxylic acids is 1. The Kier molecular flexibility index (Phi) is 27.6. The molecule has 0 aromatic carbocycles. The Hall–Kier alpha value is -0.410. The number of aliphatic hydroxyl groups excluding tert-OH is 1. The molecule has 0 rings (SSSR count). The van der Waals surface area contributed by atoms with Crippen molar-refractivity contribution in [3.05, 3.63) is 0 Å². The van der Waals surface area contributed by atoms with E-state index in [1.807, 2.05) is 55.4 Å². The van der Waals surface area contributed by atoms with Gasteiger partial charge in [-0.1, -0.05) is 41.5 Å². The van der Waals surface area contributed by atoms with Gasteiger partial charge in [-0.3, -0.25) is 0 Å². The molecule has 0 aliphatic heterocycles. The third-order valence-electron chi connectivity index (χ3n) is 1.45. The normalized spacial score (nSPS) is 9.11. The van der Waals surface area contributed by atoms with E-state index in [2.05, 4.69) is 0 Å². The fourth-order valence-corrected chi connectivity index (χ4v) is 0.863. The van der Waals surface area contributed by atoms with Gasteiger partial charge in [0.2, 0.25) is 0 Å². The molecule has 3 heteroatoms. The molecular weight excluding hydrogens is 226 g/mol. The van der Waals surface area contributed by atoms with Gasteiger partial charge < -0.3 is 15.6 Å². The lowest BCUT2D eigenvalue weighted by molar-refractivity contribution is -0.117. The van der Waals surface area contributed by atoms with Crippen molar-refractivity contribution >= 4 is 5.78 Å². The zero-order valence-electron chi connectivity index (χ0n) is 14.1. The molecule has 3 nitrogen and oxygen atoms in total. The third kappa shape index (κ3) is 57.6. The summed E-state index contributed by atoms with van der Waals surface area (Å²) >= 11 is 0. The van der Waals surface area contributed by atoms with Crippen molar-refractivity contribution in [1.82, 2.24) is 0 Å². The van der Waals surface area contributed by atoms with Crippen molar-refractivity contribution < 1.29 is 9.90 Å². The quantitative estimate of drug-likeness (QED) is 0.811. The van der Waals surface area contributed by atoms with Crippen molar-refractivity contribution in [3.8, 4) is 0 Å². The Morgan fingerprint density at radius 2 is 1.50 bits per heavy atom. The maximum absolute atomic E-state index is 10.3. The number of ketones is 1. The van der Waals surface area contributed by atoms with E-state index in [1.165, 1.54) is 0 Å². The summed E-state index contributed by atoms with van der Waals surface area (Å²) in [7, 11) is 0. The molecule has 0 aliphatic carbocycles. The molecule has 0 aromatic rings. The minimum Gasteiger partial charge on any atom is -0.396 e. The van der Waals surface area contributed by atoms with Crippen LogP contribution in [0.5, 0.6) is 0 Å². The second-order valence-electron chi connectivity index (χ2n) is 4.76. The molecule has 0 saturated heterocycles. The molecule has 0 heterocycles. The van der Waals surface area contributed by atoms with Gasteiger partial charge in [-0.15, -0.1) is 0 Å². The van der Waals surface area contributed by atoms with E-state index in [1.54, 1.807) is 6.92 Å². The molecule has 0 spiro atoms. The van der Waals surface area contributed by atoms with E-state index in [0.717, 1.165) is 6.42 Å². The van der Waals surface area contributed by atoms with Gasteiger partial charge >= 0.3 is 0 Å². The van der Waals surface area contributed by atoms with Crippen LogP contribution < -0.4 is 5.73 Å². The largest absolute Gasteiger partial charge is 0.396 e. The highest BCUT2D eigenvalue weighted by Crippen LogP contribution is 2.00. The summed E-state index contributed by atoms with van der Waals surface area (Å²) in [5.41, 5.74) is 5.29. The number of hydrogen-bond acceptors (Lipinski definition) is 3. The first-order valence-electron chi connectivity index (χ1n) is 7.08. The Balaban J connectivity index is -0.0000000851. The van der Waals surface area contributed by atoms with Crippen LogP contribution in [-0.2, 0) is 4.79 Å². The van der Waals surface area contributed by atoms with E-state index >= 15 is 0 Å². The number of Topliss-reactive ketones (excluding diaryl/α,β-unsaturated/α-hetero) is 1. The summed E-state index contributed by atoms with van der Waals surface area (Å²) in [6.45, 7) is 17.7. The number of carbonyl (C=O) groups is 1. The van der Waals surface area contributed by atoms with Gasteiger partial charge in [-0.05, 0) is 33.1 Å². The Morgan fingerprint density at radius 1 is 1.17 bits per heavy atom. The lowest BCUT2D eigenvalue weighted by Gasteiger charge is -2.15. The summed E-state index contributed by atoms with van der Waals surface area (Å²) in [5, 5.41) is 8.32.